The van der Waals surface area contributed by atoms with E-state index >= 15 is 0 Å². The summed E-state index contributed by atoms with van der Waals surface area (Å²) in [6.07, 6.45) is 4.73. The number of hydrogen-bond acceptors (Lipinski definition) is 2. The first-order chi connectivity index (χ1) is 8.66. The Morgan fingerprint density at radius 3 is 2.50 bits per heavy atom. The van der Waals surface area contributed by atoms with Crippen molar-refractivity contribution < 1.29 is 9.21 Å². The summed E-state index contributed by atoms with van der Waals surface area (Å²) in [5.74, 6) is 1.73. The summed E-state index contributed by atoms with van der Waals surface area (Å²) in [5, 5.41) is 0. The molecule has 18 heavy (non-hydrogen) atoms. The molecule has 0 atom stereocenters. The number of urea groups is 1. The number of amides is 2. The third-order valence-corrected chi connectivity index (χ3v) is 3.39. The van der Waals surface area contributed by atoms with Gasteiger partial charge < -0.3 is 14.2 Å². The van der Waals surface area contributed by atoms with Gasteiger partial charge in [0.1, 0.15) is 11.5 Å². The SMILES string of the molecule is Cc1ccc(CN(C)C(=O)N2CCCCCC2)o1. The van der Waals surface area contributed by atoms with Crippen LogP contribution in [0.2, 0.25) is 0 Å². The number of aryl methyl sites for hydroxylation is 1. The smallest absolute Gasteiger partial charge is 0.320 e. The van der Waals surface area contributed by atoms with E-state index in [9.17, 15) is 4.79 Å². The third-order valence-electron chi connectivity index (χ3n) is 3.39. The van der Waals surface area contributed by atoms with Gasteiger partial charge in [0.15, 0.2) is 0 Å². The maximum absolute atomic E-state index is 12.3. The summed E-state index contributed by atoms with van der Waals surface area (Å²) in [6.45, 7) is 4.24. The Labute approximate surface area is 109 Å². The molecule has 0 aromatic carbocycles. The van der Waals surface area contributed by atoms with Crippen molar-refractivity contribution in [1.82, 2.24) is 9.80 Å². The van der Waals surface area contributed by atoms with E-state index in [2.05, 4.69) is 0 Å². The van der Waals surface area contributed by atoms with Gasteiger partial charge in [0.25, 0.3) is 0 Å². The van der Waals surface area contributed by atoms with Gasteiger partial charge in [-0.25, -0.2) is 4.79 Å². The van der Waals surface area contributed by atoms with Gasteiger partial charge in [-0.2, -0.15) is 0 Å². The molecule has 0 radical (unpaired) electrons. The van der Waals surface area contributed by atoms with Gasteiger partial charge in [-0.15, -0.1) is 0 Å². The van der Waals surface area contributed by atoms with E-state index in [0.29, 0.717) is 6.54 Å². The lowest BCUT2D eigenvalue weighted by Crippen LogP contribution is -2.41. The third kappa shape index (κ3) is 3.28. The highest BCUT2D eigenvalue weighted by molar-refractivity contribution is 5.74. The highest BCUT2D eigenvalue weighted by atomic mass is 16.3. The van der Waals surface area contributed by atoms with E-state index in [1.54, 1.807) is 4.90 Å². The minimum absolute atomic E-state index is 0.117. The van der Waals surface area contributed by atoms with Crippen LogP contribution < -0.4 is 0 Å². The first-order valence-corrected chi connectivity index (χ1v) is 6.72. The zero-order valence-corrected chi connectivity index (χ0v) is 11.3. The fourth-order valence-corrected chi connectivity index (χ4v) is 2.37. The van der Waals surface area contributed by atoms with Crippen LogP contribution >= 0.6 is 0 Å². The monoisotopic (exact) mass is 250 g/mol. The van der Waals surface area contributed by atoms with Crippen LogP contribution in [0.15, 0.2) is 16.5 Å². The minimum Gasteiger partial charge on any atom is -0.464 e. The van der Waals surface area contributed by atoms with Crippen molar-refractivity contribution >= 4 is 6.03 Å². The summed E-state index contributed by atoms with van der Waals surface area (Å²) in [6, 6.07) is 3.98. The average molecular weight is 250 g/mol. The van der Waals surface area contributed by atoms with Crippen LogP contribution in [0.4, 0.5) is 4.79 Å². The molecule has 1 fully saturated rings. The van der Waals surface area contributed by atoms with Gasteiger partial charge in [-0.05, 0) is 31.9 Å². The number of rotatable bonds is 2. The Balaban J connectivity index is 1.91. The molecule has 0 N–H and O–H groups in total. The highest BCUT2D eigenvalue weighted by Gasteiger charge is 2.19. The van der Waals surface area contributed by atoms with Gasteiger partial charge in [0, 0.05) is 20.1 Å². The van der Waals surface area contributed by atoms with Gasteiger partial charge in [-0.1, -0.05) is 12.8 Å². The summed E-state index contributed by atoms with van der Waals surface area (Å²) in [7, 11) is 1.84. The Morgan fingerprint density at radius 1 is 1.28 bits per heavy atom. The molecule has 0 bridgehead atoms. The van der Waals surface area contributed by atoms with E-state index in [1.165, 1.54) is 12.8 Å². The van der Waals surface area contributed by atoms with E-state index in [4.69, 9.17) is 4.42 Å². The van der Waals surface area contributed by atoms with Crippen molar-refractivity contribution in [3.05, 3.63) is 23.7 Å². The Hall–Kier alpha value is -1.45. The average Bonchev–Trinajstić information content (AvgIpc) is 2.62. The van der Waals surface area contributed by atoms with Crippen molar-refractivity contribution in [2.75, 3.05) is 20.1 Å². The molecule has 1 aliphatic heterocycles. The highest BCUT2D eigenvalue weighted by Crippen LogP contribution is 2.13. The molecular formula is C14H22N2O2. The Kier molecular flexibility index (Phi) is 4.28. The van der Waals surface area contributed by atoms with Crippen molar-refractivity contribution in [2.45, 2.75) is 39.2 Å². The fraction of sp³-hybridized carbons (Fsp3) is 0.643. The second-order valence-corrected chi connectivity index (χ2v) is 5.05. The number of hydrogen-bond donors (Lipinski definition) is 0. The predicted octanol–water partition coefficient (Wildman–Crippen LogP) is 3.02. The second kappa shape index (κ2) is 5.94. The summed E-state index contributed by atoms with van der Waals surface area (Å²) in [4.78, 5) is 16.0. The zero-order chi connectivity index (χ0) is 13.0. The van der Waals surface area contributed by atoms with Crippen LogP contribution in [0.25, 0.3) is 0 Å². The normalized spacial score (nSPS) is 16.4. The van der Waals surface area contributed by atoms with E-state index in [-0.39, 0.29) is 6.03 Å². The number of carbonyl (C=O) groups is 1. The standard InChI is InChI=1S/C14H22N2O2/c1-12-7-8-13(18-12)11-15(2)14(17)16-9-5-3-4-6-10-16/h7-8H,3-6,9-11H2,1-2H3. The van der Waals surface area contributed by atoms with Crippen LogP contribution in [0, 0.1) is 6.92 Å². The van der Waals surface area contributed by atoms with E-state index < -0.39 is 0 Å². The van der Waals surface area contributed by atoms with Crippen LogP contribution in [0.5, 0.6) is 0 Å². The van der Waals surface area contributed by atoms with Crippen molar-refractivity contribution in [1.29, 1.82) is 0 Å². The summed E-state index contributed by atoms with van der Waals surface area (Å²) < 4.78 is 5.50. The molecule has 0 unspecified atom stereocenters. The number of likely N-dealkylation sites (tertiary alicyclic amines) is 1. The minimum atomic E-state index is 0.117. The first kappa shape index (κ1) is 13.0. The largest absolute Gasteiger partial charge is 0.464 e. The van der Waals surface area contributed by atoms with Crippen LogP contribution in [-0.2, 0) is 6.54 Å². The van der Waals surface area contributed by atoms with Gasteiger partial charge >= 0.3 is 6.03 Å². The molecular weight excluding hydrogens is 228 g/mol. The van der Waals surface area contributed by atoms with Gasteiger partial charge in [-0.3, -0.25) is 0 Å². The molecule has 1 aromatic heterocycles. The summed E-state index contributed by atoms with van der Waals surface area (Å²) >= 11 is 0. The van der Waals surface area contributed by atoms with Crippen molar-refractivity contribution in [3.8, 4) is 0 Å². The van der Waals surface area contributed by atoms with Gasteiger partial charge in [0.05, 0.1) is 6.54 Å². The van der Waals surface area contributed by atoms with Crippen LogP contribution in [-0.4, -0.2) is 36.0 Å². The second-order valence-electron chi connectivity index (χ2n) is 5.05. The fourth-order valence-electron chi connectivity index (χ4n) is 2.37. The molecule has 1 saturated heterocycles. The molecule has 0 spiro atoms. The predicted molar refractivity (Wildman–Crippen MR) is 70.3 cm³/mol. The van der Waals surface area contributed by atoms with Crippen LogP contribution in [0.1, 0.15) is 37.2 Å². The van der Waals surface area contributed by atoms with Crippen molar-refractivity contribution in [3.63, 3.8) is 0 Å². The maximum atomic E-state index is 12.3. The van der Waals surface area contributed by atoms with E-state index in [0.717, 1.165) is 37.5 Å². The molecule has 4 heteroatoms. The molecule has 2 rings (SSSR count). The molecule has 2 heterocycles. The molecule has 2 amide bonds. The molecule has 4 nitrogen and oxygen atoms in total. The molecule has 100 valence electrons. The number of furan rings is 1. The zero-order valence-electron chi connectivity index (χ0n) is 11.3. The Morgan fingerprint density at radius 2 is 1.94 bits per heavy atom. The summed E-state index contributed by atoms with van der Waals surface area (Å²) in [5.41, 5.74) is 0. The lowest BCUT2D eigenvalue weighted by Gasteiger charge is -2.26. The van der Waals surface area contributed by atoms with Gasteiger partial charge in [0.2, 0.25) is 0 Å². The molecule has 0 saturated carbocycles. The Bertz CT molecular complexity index is 392. The van der Waals surface area contributed by atoms with Crippen LogP contribution in [0.3, 0.4) is 0 Å². The lowest BCUT2D eigenvalue weighted by atomic mass is 10.2. The number of carbonyl (C=O) groups excluding carboxylic acids is 1. The van der Waals surface area contributed by atoms with E-state index in [1.807, 2.05) is 31.0 Å². The molecule has 0 aliphatic carbocycles. The number of nitrogens with zero attached hydrogens (tertiary/aromatic N) is 2. The quantitative estimate of drug-likeness (QED) is 0.809. The lowest BCUT2D eigenvalue weighted by molar-refractivity contribution is 0.159. The topological polar surface area (TPSA) is 36.7 Å². The maximum Gasteiger partial charge on any atom is 0.320 e. The first-order valence-electron chi connectivity index (χ1n) is 6.72. The van der Waals surface area contributed by atoms with Crippen molar-refractivity contribution in [2.24, 2.45) is 0 Å². The molecule has 1 aliphatic rings. The molecule has 1 aromatic rings.